The topological polar surface area (TPSA) is 473 Å². The number of carbonyl (C=O) groups is 8. The number of allylic oxidation sites excluding steroid dienone is 14. The molecule has 2 fully saturated rings. The molecule has 29 heteroatoms. The fourth-order valence-electron chi connectivity index (χ4n) is 20.3. The van der Waals surface area contributed by atoms with E-state index in [1.54, 1.807) is 24.3 Å². The van der Waals surface area contributed by atoms with E-state index in [1.807, 2.05) is 31.2 Å². The van der Waals surface area contributed by atoms with Gasteiger partial charge in [0, 0.05) is 104 Å². The summed E-state index contributed by atoms with van der Waals surface area (Å²) < 4.78 is 47.7. The SMILES string of the molecule is CC1CCC(C(=O)c2cc3c4c5c(c(C(=O)O)c6c4c2C=CO6)C(C(=O)O)=C(OC2OC(CO)=CC(O)C2O)C2=CC(C(=O)O)=CC(=C3C(=O)C3C=CCCC3)C25)CC1C(=O)O.COc1cc2c3c4c(c(CO)c(OC5OC(CO)=CC(O)C5O)c3c1)=C(CO)C1=C3C(=C(C(=O)C5CCC(O)C(OC)C5)C=C(C=2C(=O)C2C=CCCC2)C34)C=CO1. The minimum Gasteiger partial charge on any atom is -0.497 e. The highest BCUT2D eigenvalue weighted by Crippen LogP contribution is 2.63. The molecule has 16 unspecified atom stereocenters. The van der Waals surface area contributed by atoms with Crippen molar-refractivity contribution in [3.63, 3.8) is 0 Å². The lowest BCUT2D eigenvalue weighted by atomic mass is 9.62. The van der Waals surface area contributed by atoms with E-state index in [-0.39, 0.29) is 108 Å². The van der Waals surface area contributed by atoms with Crippen molar-refractivity contribution in [2.45, 2.75) is 152 Å². The molecule has 0 spiro atoms. The Hall–Kier alpha value is -11.5. The Kier molecular flexibility index (Phi) is 21.3. The molecule has 4 heterocycles. The predicted octanol–water partition coefficient (Wildman–Crippen LogP) is 6.51. The van der Waals surface area contributed by atoms with Crippen LogP contribution < -0.4 is 24.6 Å². The zero-order valence-corrected chi connectivity index (χ0v) is 65.1. The molecule has 2 saturated carbocycles. The second-order valence-corrected chi connectivity index (χ2v) is 32.4. The van der Waals surface area contributed by atoms with Crippen LogP contribution >= 0.6 is 0 Å². The fraction of sp³-hybridized carbons (Fsp3) is 0.385. The van der Waals surface area contributed by atoms with Crippen molar-refractivity contribution in [3.05, 3.63) is 208 Å². The standard InChI is InChI=1S/C46H40O16.C45H46O13/c1-17-7-8-19(11-23(17)43(54)55)37(49)24-15-26-30(38(50)18-5-3-2-4-6-18)25-12-20(42(52)53)13-27-29(25)33-31(26)32-22(24)9-10-60-41(32)36(45(58)59)34(33)35(44(56)57)40(27)62-46-39(51)28(48)14-21(16-47)61-46;1-54-22-13-26-34-28(14-22)43(58-45-42(53)32(50)15-23(17-46)57-45)29(18-47)35-30(19-48)44-38-24(10-11-56-44)25(40(51)21-8-9-31(49)33(12-21)55-2)16-27(37(38)39(34)35)36(26)41(52)20-6-4-3-5-7-20/h3,5,9-10,12-15,17-19,23,28-29,39,46-48,51H,2,4,6-8,11,16H2,1H3,(H,52,53)(H,54,55)(H,56,57)(H,58,59);4,6,10-11,13-16,20-21,31-33,37,42,45-50,53H,3,5,7-9,12,17-19H2,1-2H3. The van der Waals surface area contributed by atoms with Crippen LogP contribution in [0.3, 0.4) is 0 Å². The Bertz CT molecular complexity index is 5840. The van der Waals surface area contributed by atoms with Gasteiger partial charge in [-0.3, -0.25) is 24.0 Å². The van der Waals surface area contributed by atoms with Crippen LogP contribution in [0.25, 0.3) is 49.9 Å². The van der Waals surface area contributed by atoms with Gasteiger partial charge in [0.1, 0.15) is 76.8 Å². The summed E-state index contributed by atoms with van der Waals surface area (Å²) in [6.07, 6.45) is 14.6. The van der Waals surface area contributed by atoms with Crippen LogP contribution in [0.1, 0.15) is 150 Å². The van der Waals surface area contributed by atoms with Crippen LogP contribution in [0.15, 0.2) is 154 Å². The zero-order chi connectivity index (χ0) is 84.6. The molecule has 4 aromatic carbocycles. The molecule has 624 valence electrons. The van der Waals surface area contributed by atoms with Crippen LogP contribution in [0.2, 0.25) is 0 Å². The van der Waals surface area contributed by atoms with E-state index < -0.39 is 181 Å². The fourth-order valence-corrected chi connectivity index (χ4v) is 20.3. The minimum absolute atomic E-state index is 0.00722. The summed E-state index contributed by atoms with van der Waals surface area (Å²) in [5.74, 6) is -13.1. The van der Waals surface area contributed by atoms with Gasteiger partial charge in [0.25, 0.3) is 12.6 Å². The number of aliphatic carboxylic acids is 3. The average molecular weight is 1640 g/mol. The van der Waals surface area contributed by atoms with Gasteiger partial charge in [-0.05, 0) is 204 Å². The normalized spacial score (nSPS) is 28.7. The molecular formula is C91H86O29. The van der Waals surface area contributed by atoms with Crippen molar-refractivity contribution in [3.8, 4) is 17.2 Å². The molecule has 0 saturated heterocycles. The lowest BCUT2D eigenvalue weighted by molar-refractivity contribution is -0.186. The van der Waals surface area contributed by atoms with Gasteiger partial charge in [0.15, 0.2) is 35.3 Å². The Morgan fingerprint density at radius 2 is 1.26 bits per heavy atom. The van der Waals surface area contributed by atoms with Gasteiger partial charge in [-0.2, -0.15) is 0 Å². The molecule has 18 rings (SSSR count). The smallest absolute Gasteiger partial charge is 0.340 e. The van der Waals surface area contributed by atoms with Crippen molar-refractivity contribution in [2.75, 3.05) is 34.0 Å². The molecule has 14 aliphatic rings. The molecule has 120 heavy (non-hydrogen) atoms. The quantitative estimate of drug-likeness (QED) is 0.0294. The summed E-state index contributed by atoms with van der Waals surface area (Å²) in [5, 5.41) is 141. The van der Waals surface area contributed by atoms with E-state index in [0.29, 0.717) is 124 Å². The minimum atomic E-state index is -1.92. The number of hydrogen-bond donors (Lipinski definition) is 13. The van der Waals surface area contributed by atoms with Crippen LogP contribution in [-0.2, 0) is 59.1 Å². The van der Waals surface area contributed by atoms with Crippen molar-refractivity contribution in [1.29, 1.82) is 0 Å². The lowest BCUT2D eigenvalue weighted by Gasteiger charge is -2.42. The molecule has 29 nitrogen and oxygen atoms in total. The number of aromatic carboxylic acids is 1. The number of Topliss-reactive ketones (excluding diaryl/α,β-unsaturated/α-hetero) is 4. The van der Waals surface area contributed by atoms with Crippen molar-refractivity contribution < 1.29 is 143 Å². The Morgan fingerprint density at radius 1 is 0.600 bits per heavy atom. The number of aliphatic hydroxyl groups is 9. The molecular weight excluding hydrogens is 1560 g/mol. The number of hydrogen-bond acceptors (Lipinski definition) is 25. The highest BCUT2D eigenvalue weighted by Gasteiger charge is 2.53. The zero-order valence-electron chi connectivity index (χ0n) is 65.1. The average Bonchev–Trinajstić information content (AvgIpc) is 0.677. The Morgan fingerprint density at radius 3 is 1.87 bits per heavy atom. The van der Waals surface area contributed by atoms with Gasteiger partial charge in [-0.25, -0.2) is 14.4 Å². The molecule has 10 aliphatic carbocycles. The Balaban J connectivity index is 0.000000172. The summed E-state index contributed by atoms with van der Waals surface area (Å²) in [4.78, 5) is 113. The number of carbonyl (C=O) groups excluding carboxylic acids is 4. The molecule has 13 N–H and O–H groups in total. The van der Waals surface area contributed by atoms with E-state index in [2.05, 4.69) is 0 Å². The summed E-state index contributed by atoms with van der Waals surface area (Å²) in [5.41, 5.74) is 1.73. The maximum atomic E-state index is 15.2. The number of aliphatic hydroxyl groups excluding tert-OH is 9. The van der Waals surface area contributed by atoms with Gasteiger partial charge in [0.2, 0.25) is 0 Å². The largest absolute Gasteiger partial charge is 0.497 e. The first kappa shape index (κ1) is 80.9. The molecule has 0 amide bonds. The first-order valence-electron chi connectivity index (χ1n) is 40.1. The van der Waals surface area contributed by atoms with Gasteiger partial charge in [-0.15, -0.1) is 0 Å². The third-order valence-electron chi connectivity index (χ3n) is 25.9. The van der Waals surface area contributed by atoms with Crippen molar-refractivity contribution >= 4 is 96.9 Å². The van der Waals surface area contributed by atoms with Gasteiger partial charge >= 0.3 is 23.9 Å². The summed E-state index contributed by atoms with van der Waals surface area (Å²) in [6, 6.07) is 4.98. The molecule has 0 bridgehead atoms. The molecule has 0 aromatic heterocycles. The summed E-state index contributed by atoms with van der Waals surface area (Å²) in [6.45, 7) is -0.701. The third-order valence-corrected chi connectivity index (χ3v) is 25.9. The molecule has 0 radical (unpaired) electrons. The number of carboxylic acid groups (broad SMARTS) is 4. The highest BCUT2D eigenvalue weighted by atomic mass is 16.7. The number of benzene rings is 4. The highest BCUT2D eigenvalue weighted by molar-refractivity contribution is 6.33. The molecule has 4 aliphatic heterocycles. The first-order valence-corrected chi connectivity index (χ1v) is 40.1. The second-order valence-electron chi connectivity index (χ2n) is 32.4. The predicted molar refractivity (Wildman–Crippen MR) is 423 cm³/mol. The van der Waals surface area contributed by atoms with Crippen LogP contribution in [0.4, 0.5) is 0 Å². The monoisotopic (exact) mass is 1640 g/mol. The van der Waals surface area contributed by atoms with Crippen LogP contribution in [0.5, 0.6) is 17.2 Å². The van der Waals surface area contributed by atoms with Gasteiger partial charge < -0.3 is 104 Å². The Labute approximate surface area is 683 Å². The van der Waals surface area contributed by atoms with Crippen LogP contribution in [-0.4, -0.2) is 197 Å². The van der Waals surface area contributed by atoms with E-state index >= 15 is 9.59 Å². The number of methoxy groups -OCH3 is 2. The van der Waals surface area contributed by atoms with Gasteiger partial charge in [0.05, 0.1) is 56.5 Å². The van der Waals surface area contributed by atoms with Crippen molar-refractivity contribution in [1.82, 2.24) is 0 Å². The van der Waals surface area contributed by atoms with E-state index in [4.69, 9.17) is 37.9 Å². The number of ether oxygens (including phenoxy) is 8. The van der Waals surface area contributed by atoms with E-state index in [1.165, 1.54) is 44.8 Å². The maximum Gasteiger partial charge on any atom is 0.340 e. The van der Waals surface area contributed by atoms with Crippen LogP contribution in [0, 0.1) is 35.5 Å². The first-order chi connectivity index (χ1) is 57.7. The molecule has 4 aromatic rings. The molecule has 16 atom stereocenters. The lowest BCUT2D eigenvalue weighted by Crippen LogP contribution is -2.46. The van der Waals surface area contributed by atoms with Crippen molar-refractivity contribution in [2.24, 2.45) is 35.5 Å². The van der Waals surface area contributed by atoms with E-state index in [9.17, 15) is 95.2 Å². The number of ketones is 4. The van der Waals surface area contributed by atoms with Gasteiger partial charge in [-0.1, -0.05) is 31.2 Å². The second kappa shape index (κ2) is 31.6. The number of carboxylic acids is 4. The third kappa shape index (κ3) is 13.0. The summed E-state index contributed by atoms with van der Waals surface area (Å²) in [7, 11) is 3.01. The summed E-state index contributed by atoms with van der Waals surface area (Å²) >= 11 is 0. The van der Waals surface area contributed by atoms with E-state index in [0.717, 1.165) is 31.3 Å². The maximum absolute atomic E-state index is 15.2. The number of rotatable bonds is 22.